The molecule has 1 aliphatic heterocycles. The minimum Gasteiger partial charge on any atom is -0.460 e. The Morgan fingerprint density at radius 1 is 1.09 bits per heavy atom. The molecule has 1 heterocycles. The highest BCUT2D eigenvalue weighted by Crippen LogP contribution is 2.69. The van der Waals surface area contributed by atoms with Gasteiger partial charge in [0.1, 0.15) is 17.6 Å². The highest BCUT2D eigenvalue weighted by molar-refractivity contribution is 6.03. The van der Waals surface area contributed by atoms with Crippen LogP contribution in [0.2, 0.25) is 0 Å². The van der Waals surface area contributed by atoms with Gasteiger partial charge in [0, 0.05) is 11.5 Å². The number of benzene rings is 2. The molecule has 4 aliphatic rings. The van der Waals surface area contributed by atoms with Gasteiger partial charge in [-0.05, 0) is 43.0 Å². The number of rotatable bonds is 5. The molecule has 3 unspecified atom stereocenters. The first kappa shape index (κ1) is 20.6. The average Bonchev–Trinajstić information content (AvgIpc) is 3.02. The molecule has 0 radical (unpaired) electrons. The van der Waals surface area contributed by atoms with Crippen molar-refractivity contribution in [1.82, 2.24) is 0 Å². The Labute approximate surface area is 186 Å². The largest absolute Gasteiger partial charge is 0.460 e. The lowest BCUT2D eigenvalue weighted by Crippen LogP contribution is -2.62. The first-order valence-corrected chi connectivity index (χ1v) is 10.7. The molecule has 32 heavy (non-hydrogen) atoms. The molecule has 164 valence electrons. The number of esters is 3. The molecule has 1 saturated heterocycles. The number of hydrogen-bond acceptors (Lipinski definition) is 6. The molecular formula is C26H24O6. The third kappa shape index (κ3) is 2.41. The van der Waals surface area contributed by atoms with Crippen molar-refractivity contribution in [1.29, 1.82) is 0 Å². The van der Waals surface area contributed by atoms with Gasteiger partial charge in [0.25, 0.3) is 0 Å². The van der Waals surface area contributed by atoms with Gasteiger partial charge in [0.2, 0.25) is 0 Å². The van der Waals surface area contributed by atoms with Crippen LogP contribution < -0.4 is 0 Å². The van der Waals surface area contributed by atoms with Gasteiger partial charge in [-0.3, -0.25) is 9.59 Å². The zero-order chi connectivity index (χ0) is 22.8. The predicted octanol–water partition coefficient (Wildman–Crippen LogP) is 3.62. The lowest BCUT2D eigenvalue weighted by molar-refractivity contribution is -0.191. The Hall–Kier alpha value is -3.25. The maximum absolute atomic E-state index is 13.3. The molecule has 6 heteroatoms. The van der Waals surface area contributed by atoms with Crippen molar-refractivity contribution in [3.63, 3.8) is 0 Å². The quantitative estimate of drug-likeness (QED) is 0.408. The summed E-state index contributed by atoms with van der Waals surface area (Å²) in [5.74, 6) is -2.63. The monoisotopic (exact) mass is 432 g/mol. The van der Waals surface area contributed by atoms with E-state index < -0.39 is 40.9 Å². The van der Waals surface area contributed by atoms with Crippen LogP contribution in [-0.4, -0.2) is 30.6 Å². The van der Waals surface area contributed by atoms with Crippen LogP contribution in [0.25, 0.3) is 0 Å². The first-order chi connectivity index (χ1) is 15.2. The molecule has 0 aromatic heterocycles. The van der Waals surface area contributed by atoms with E-state index in [0.29, 0.717) is 5.57 Å². The molecule has 2 aromatic rings. The van der Waals surface area contributed by atoms with Gasteiger partial charge in [0.15, 0.2) is 0 Å². The summed E-state index contributed by atoms with van der Waals surface area (Å²) in [5, 5.41) is 0. The first-order valence-electron chi connectivity index (χ1n) is 10.7. The van der Waals surface area contributed by atoms with Crippen LogP contribution in [0, 0.1) is 11.3 Å². The standard InChI is InChI=1S/C26H24O6/c1-14(2)22(27)30-13-15(3)32-26-18-11-7-5-9-16(18)20(17-10-6-8-12-19(17)26)21-23(28)31-24(29)25(21,26)4/h5-12,15,20-21H,1,13H2,2-4H3. The van der Waals surface area contributed by atoms with Gasteiger partial charge in [-0.25, -0.2) is 4.79 Å². The second-order valence-electron chi connectivity index (χ2n) is 9.03. The lowest BCUT2D eigenvalue weighted by atomic mass is 9.46. The summed E-state index contributed by atoms with van der Waals surface area (Å²) < 4.78 is 17.3. The molecule has 0 N–H and O–H groups in total. The van der Waals surface area contributed by atoms with Crippen molar-refractivity contribution in [2.75, 3.05) is 6.61 Å². The Morgan fingerprint density at radius 2 is 1.66 bits per heavy atom. The molecule has 6 rings (SSSR count). The molecule has 1 fully saturated rings. The molecular weight excluding hydrogens is 408 g/mol. The van der Waals surface area contributed by atoms with Crippen LogP contribution in [0.15, 0.2) is 60.7 Å². The van der Waals surface area contributed by atoms with E-state index in [4.69, 9.17) is 14.2 Å². The predicted molar refractivity (Wildman–Crippen MR) is 115 cm³/mol. The lowest BCUT2D eigenvalue weighted by Gasteiger charge is -2.58. The van der Waals surface area contributed by atoms with Crippen molar-refractivity contribution in [2.24, 2.45) is 11.3 Å². The van der Waals surface area contributed by atoms with Crippen LogP contribution in [0.3, 0.4) is 0 Å². The van der Waals surface area contributed by atoms with Gasteiger partial charge < -0.3 is 14.2 Å². The fourth-order valence-electron chi connectivity index (χ4n) is 5.77. The van der Waals surface area contributed by atoms with E-state index in [1.807, 2.05) is 48.5 Å². The topological polar surface area (TPSA) is 78.9 Å². The highest BCUT2D eigenvalue weighted by atomic mass is 16.6. The average molecular weight is 432 g/mol. The molecule has 3 aliphatic carbocycles. The molecule has 0 amide bonds. The zero-order valence-electron chi connectivity index (χ0n) is 18.2. The second kappa shape index (κ2) is 6.87. The van der Waals surface area contributed by atoms with E-state index >= 15 is 0 Å². The minimum absolute atomic E-state index is 0.0229. The Balaban J connectivity index is 1.71. The number of carbonyl (C=O) groups excluding carboxylic acids is 3. The summed E-state index contributed by atoms with van der Waals surface area (Å²) in [6.07, 6.45) is -0.574. The van der Waals surface area contributed by atoms with Crippen LogP contribution in [0.5, 0.6) is 0 Å². The summed E-state index contributed by atoms with van der Waals surface area (Å²) in [6, 6.07) is 15.5. The summed E-state index contributed by atoms with van der Waals surface area (Å²) >= 11 is 0. The van der Waals surface area contributed by atoms with E-state index in [1.165, 1.54) is 0 Å². The normalized spacial score (nSPS) is 30.1. The Kier molecular flexibility index (Phi) is 4.43. The second-order valence-corrected chi connectivity index (χ2v) is 9.03. The molecule has 2 bridgehead atoms. The van der Waals surface area contributed by atoms with Gasteiger partial charge in [-0.15, -0.1) is 0 Å². The minimum atomic E-state index is -1.27. The molecule has 0 spiro atoms. The van der Waals surface area contributed by atoms with Gasteiger partial charge in [-0.2, -0.15) is 0 Å². The molecule has 0 saturated carbocycles. The summed E-state index contributed by atoms with van der Waals surface area (Å²) in [5.41, 5.74) is 1.35. The number of ether oxygens (including phenoxy) is 3. The van der Waals surface area contributed by atoms with Crippen LogP contribution in [-0.2, 0) is 34.2 Å². The zero-order valence-corrected chi connectivity index (χ0v) is 18.2. The third-order valence-electron chi connectivity index (χ3n) is 7.08. The maximum Gasteiger partial charge on any atom is 0.333 e. The number of hydrogen-bond donors (Lipinski definition) is 0. The fourth-order valence-corrected chi connectivity index (χ4v) is 5.77. The van der Waals surface area contributed by atoms with Gasteiger partial charge in [0.05, 0.1) is 12.0 Å². The van der Waals surface area contributed by atoms with Crippen molar-refractivity contribution >= 4 is 17.9 Å². The van der Waals surface area contributed by atoms with Crippen LogP contribution in [0.1, 0.15) is 48.9 Å². The maximum atomic E-state index is 13.3. The van der Waals surface area contributed by atoms with Gasteiger partial charge >= 0.3 is 17.9 Å². The van der Waals surface area contributed by atoms with E-state index in [0.717, 1.165) is 22.3 Å². The Morgan fingerprint density at radius 3 is 2.22 bits per heavy atom. The summed E-state index contributed by atoms with van der Waals surface area (Å²) in [7, 11) is 0. The smallest absolute Gasteiger partial charge is 0.333 e. The number of cyclic esters (lactones) is 2. The molecule has 3 atom stereocenters. The van der Waals surface area contributed by atoms with E-state index in [2.05, 4.69) is 6.58 Å². The summed E-state index contributed by atoms with van der Waals surface area (Å²) in [4.78, 5) is 38.2. The third-order valence-corrected chi connectivity index (χ3v) is 7.08. The van der Waals surface area contributed by atoms with Crippen LogP contribution in [0.4, 0.5) is 0 Å². The highest BCUT2D eigenvalue weighted by Gasteiger charge is 2.76. The van der Waals surface area contributed by atoms with Gasteiger partial charge in [-0.1, -0.05) is 55.1 Å². The van der Waals surface area contributed by atoms with E-state index in [9.17, 15) is 14.4 Å². The molecule has 6 nitrogen and oxygen atoms in total. The Bertz CT molecular complexity index is 1130. The van der Waals surface area contributed by atoms with E-state index in [-0.39, 0.29) is 12.5 Å². The number of carbonyl (C=O) groups is 3. The van der Waals surface area contributed by atoms with Crippen LogP contribution >= 0.6 is 0 Å². The van der Waals surface area contributed by atoms with E-state index in [1.54, 1.807) is 20.8 Å². The summed E-state index contributed by atoms with van der Waals surface area (Å²) in [6.45, 7) is 8.70. The molecule has 2 aromatic carbocycles. The SMILES string of the molecule is C=C(C)C(=O)OCC(C)OC12c3ccccc3C(c3ccccc31)C1C(=O)OC(=O)C12C. The van der Waals surface area contributed by atoms with Crippen molar-refractivity contribution < 1.29 is 28.6 Å². The van der Waals surface area contributed by atoms with Crippen molar-refractivity contribution in [3.05, 3.63) is 82.9 Å². The fraction of sp³-hybridized carbons (Fsp3) is 0.346. The van der Waals surface area contributed by atoms with Crippen molar-refractivity contribution in [3.8, 4) is 0 Å². The van der Waals surface area contributed by atoms with Crippen molar-refractivity contribution in [2.45, 2.75) is 38.4 Å².